The topological polar surface area (TPSA) is 124 Å². The minimum atomic E-state index is -3.90. The van der Waals surface area contributed by atoms with Crippen molar-refractivity contribution in [3.05, 3.63) is 72.4 Å². The Morgan fingerprint density at radius 3 is 2.37 bits per heavy atom. The number of hydrogen-bond donors (Lipinski definition) is 2. The van der Waals surface area contributed by atoms with Gasteiger partial charge in [0, 0.05) is 37.1 Å². The maximum atomic E-state index is 13.0. The summed E-state index contributed by atoms with van der Waals surface area (Å²) < 4.78 is 28.5. The molecule has 0 bridgehead atoms. The molecule has 1 aromatic heterocycles. The van der Waals surface area contributed by atoms with Crippen molar-refractivity contribution in [1.29, 1.82) is 0 Å². The van der Waals surface area contributed by atoms with Gasteiger partial charge in [-0.1, -0.05) is 48.5 Å². The van der Waals surface area contributed by atoms with E-state index in [1.165, 1.54) is 18.5 Å². The standard InChI is InChI=1S/C25H25N5O4S/c31-24(30-14-11-25(32,12-15-30)19-8-2-1-3-9-19)23-27-16-20(17-28-23)29-35(33,34)21-10-4-6-18-7-5-13-26-22(18)21/h1-10,13,16-17,20,23,29,32H,11-12,14-15H2. The second-order valence-electron chi connectivity index (χ2n) is 8.67. The zero-order chi connectivity index (χ0) is 24.5. The van der Waals surface area contributed by atoms with Crippen LogP contribution in [0.4, 0.5) is 0 Å². The molecule has 1 amide bonds. The van der Waals surface area contributed by atoms with Crippen LogP contribution in [0.25, 0.3) is 10.9 Å². The molecule has 0 unspecified atom stereocenters. The molecule has 3 aromatic rings. The van der Waals surface area contributed by atoms with Crippen LogP contribution in [0.1, 0.15) is 18.4 Å². The fourth-order valence-corrected chi connectivity index (χ4v) is 5.74. The second-order valence-corrected chi connectivity index (χ2v) is 10.4. The summed E-state index contributed by atoms with van der Waals surface area (Å²) in [7, 11) is -3.90. The first-order valence-electron chi connectivity index (χ1n) is 11.4. The number of rotatable bonds is 5. The van der Waals surface area contributed by atoms with E-state index in [1.807, 2.05) is 30.3 Å². The Hall–Kier alpha value is -3.47. The van der Waals surface area contributed by atoms with Gasteiger partial charge < -0.3 is 10.0 Å². The van der Waals surface area contributed by atoms with E-state index >= 15 is 0 Å². The number of aliphatic imine (C=N–C) groups is 2. The van der Waals surface area contributed by atoms with E-state index in [9.17, 15) is 18.3 Å². The molecule has 2 N–H and O–H groups in total. The number of nitrogens with zero attached hydrogens (tertiary/aromatic N) is 4. The van der Waals surface area contributed by atoms with Crippen LogP contribution in [0.3, 0.4) is 0 Å². The lowest BCUT2D eigenvalue weighted by Gasteiger charge is -2.39. The van der Waals surface area contributed by atoms with E-state index in [-0.39, 0.29) is 10.8 Å². The van der Waals surface area contributed by atoms with Gasteiger partial charge in [-0.05, 0) is 30.5 Å². The quantitative estimate of drug-likeness (QED) is 0.564. The van der Waals surface area contributed by atoms with Gasteiger partial charge in [0.15, 0.2) is 0 Å². The molecule has 0 atom stereocenters. The van der Waals surface area contributed by atoms with Crippen LogP contribution >= 0.6 is 0 Å². The summed E-state index contributed by atoms with van der Waals surface area (Å²) in [6.07, 6.45) is 4.20. The third-order valence-electron chi connectivity index (χ3n) is 6.39. The molecule has 5 rings (SSSR count). The Bertz CT molecular complexity index is 1380. The van der Waals surface area contributed by atoms with Gasteiger partial charge in [0.25, 0.3) is 5.91 Å². The fraction of sp³-hybridized carbons (Fsp3) is 0.280. The van der Waals surface area contributed by atoms with Gasteiger partial charge in [-0.2, -0.15) is 4.72 Å². The number of nitrogens with one attached hydrogen (secondary N) is 1. The Labute approximate surface area is 203 Å². The molecule has 2 aliphatic heterocycles. The van der Waals surface area contributed by atoms with Crippen LogP contribution in [0.2, 0.25) is 0 Å². The van der Waals surface area contributed by atoms with Gasteiger partial charge in [0.2, 0.25) is 16.2 Å². The van der Waals surface area contributed by atoms with Gasteiger partial charge in [-0.15, -0.1) is 0 Å². The normalized spacial score (nSPS) is 21.8. The van der Waals surface area contributed by atoms with Crippen molar-refractivity contribution in [3.8, 4) is 0 Å². The first-order chi connectivity index (χ1) is 16.9. The highest BCUT2D eigenvalue weighted by Gasteiger charge is 2.37. The number of fused-ring (bicyclic) bond motifs is 1. The minimum Gasteiger partial charge on any atom is -0.385 e. The smallest absolute Gasteiger partial charge is 0.269 e. The summed E-state index contributed by atoms with van der Waals surface area (Å²) in [5.74, 6) is -0.271. The SMILES string of the molecule is O=C(C1N=CC(NS(=O)(=O)c2cccc3cccnc23)C=N1)N1CCC(O)(c2ccccc2)CC1. The summed E-state index contributed by atoms with van der Waals surface area (Å²) in [5, 5.41) is 11.7. The highest BCUT2D eigenvalue weighted by molar-refractivity contribution is 7.89. The van der Waals surface area contributed by atoms with Crippen molar-refractivity contribution in [3.63, 3.8) is 0 Å². The van der Waals surface area contributed by atoms with Gasteiger partial charge >= 0.3 is 0 Å². The molecule has 2 aromatic carbocycles. The molecule has 1 fully saturated rings. The van der Waals surface area contributed by atoms with E-state index in [0.717, 1.165) is 5.56 Å². The zero-order valence-corrected chi connectivity index (χ0v) is 19.7. The number of para-hydroxylation sites is 1. The van der Waals surface area contributed by atoms with E-state index in [2.05, 4.69) is 19.7 Å². The van der Waals surface area contributed by atoms with Crippen LogP contribution in [-0.4, -0.2) is 67.0 Å². The summed E-state index contributed by atoms with van der Waals surface area (Å²) >= 11 is 0. The summed E-state index contributed by atoms with van der Waals surface area (Å²) in [5.41, 5.74) is 0.259. The molecule has 1 saturated heterocycles. The van der Waals surface area contributed by atoms with Crippen molar-refractivity contribution in [2.75, 3.05) is 13.1 Å². The third kappa shape index (κ3) is 4.72. The van der Waals surface area contributed by atoms with E-state index in [0.29, 0.717) is 36.8 Å². The predicted octanol–water partition coefficient (Wildman–Crippen LogP) is 1.87. The monoisotopic (exact) mass is 491 g/mol. The number of carbonyl (C=O) groups is 1. The number of sulfonamides is 1. The molecule has 0 radical (unpaired) electrons. The van der Waals surface area contributed by atoms with Crippen molar-refractivity contribution >= 4 is 39.3 Å². The lowest BCUT2D eigenvalue weighted by atomic mass is 9.84. The first-order valence-corrected chi connectivity index (χ1v) is 12.8. The summed E-state index contributed by atoms with van der Waals surface area (Å²) in [6, 6.07) is 17.2. The van der Waals surface area contributed by atoms with Gasteiger partial charge in [-0.25, -0.2) is 8.42 Å². The number of aromatic nitrogens is 1. The Kier molecular flexibility index (Phi) is 6.18. The average molecular weight is 492 g/mol. The van der Waals surface area contributed by atoms with Crippen molar-refractivity contribution in [1.82, 2.24) is 14.6 Å². The molecular formula is C25H25N5O4S. The lowest BCUT2D eigenvalue weighted by molar-refractivity contribution is -0.136. The molecule has 35 heavy (non-hydrogen) atoms. The number of piperidine rings is 1. The predicted molar refractivity (Wildman–Crippen MR) is 133 cm³/mol. The van der Waals surface area contributed by atoms with E-state index < -0.39 is 27.8 Å². The van der Waals surface area contributed by atoms with Crippen molar-refractivity contribution in [2.45, 2.75) is 35.5 Å². The molecule has 3 heterocycles. The first kappa shape index (κ1) is 23.3. The lowest BCUT2D eigenvalue weighted by Crippen LogP contribution is -2.49. The summed E-state index contributed by atoms with van der Waals surface area (Å²) in [6.45, 7) is 0.770. The molecule has 0 aliphatic carbocycles. The molecule has 0 spiro atoms. The number of pyridine rings is 1. The molecule has 10 heteroatoms. The number of carbonyl (C=O) groups excluding carboxylic acids is 1. The zero-order valence-electron chi connectivity index (χ0n) is 18.9. The molecule has 0 saturated carbocycles. The fourth-order valence-electron chi connectivity index (χ4n) is 4.45. The Morgan fingerprint density at radius 2 is 1.66 bits per heavy atom. The number of aliphatic hydroxyl groups is 1. The number of hydrogen-bond acceptors (Lipinski definition) is 7. The van der Waals surface area contributed by atoms with E-state index in [1.54, 1.807) is 35.4 Å². The maximum Gasteiger partial charge on any atom is 0.269 e. The van der Waals surface area contributed by atoms with Crippen LogP contribution in [0, 0.1) is 0 Å². The molecular weight excluding hydrogens is 466 g/mol. The van der Waals surface area contributed by atoms with E-state index in [4.69, 9.17) is 0 Å². The van der Waals surface area contributed by atoms with Crippen LogP contribution < -0.4 is 4.72 Å². The van der Waals surface area contributed by atoms with Gasteiger partial charge in [-0.3, -0.25) is 19.8 Å². The highest BCUT2D eigenvalue weighted by atomic mass is 32.2. The highest BCUT2D eigenvalue weighted by Crippen LogP contribution is 2.33. The maximum absolute atomic E-state index is 13.0. The Morgan fingerprint density at radius 1 is 0.971 bits per heavy atom. The van der Waals surface area contributed by atoms with Crippen LogP contribution in [0.5, 0.6) is 0 Å². The molecule has 2 aliphatic rings. The van der Waals surface area contributed by atoms with Crippen LogP contribution in [0.15, 0.2) is 81.7 Å². The molecule has 9 nitrogen and oxygen atoms in total. The third-order valence-corrected chi connectivity index (χ3v) is 7.88. The average Bonchev–Trinajstić information content (AvgIpc) is 2.89. The summed E-state index contributed by atoms with van der Waals surface area (Å²) in [4.78, 5) is 27.2. The Balaban J connectivity index is 1.22. The van der Waals surface area contributed by atoms with Crippen molar-refractivity contribution < 1.29 is 18.3 Å². The number of amides is 1. The second kappa shape index (κ2) is 9.29. The molecule has 180 valence electrons. The van der Waals surface area contributed by atoms with Crippen LogP contribution in [-0.2, 0) is 20.4 Å². The van der Waals surface area contributed by atoms with Gasteiger partial charge in [0.1, 0.15) is 4.90 Å². The largest absolute Gasteiger partial charge is 0.385 e. The number of benzene rings is 2. The number of likely N-dealkylation sites (tertiary alicyclic amines) is 1. The van der Waals surface area contributed by atoms with Gasteiger partial charge in [0.05, 0.1) is 17.2 Å². The minimum absolute atomic E-state index is 0.0646. The van der Waals surface area contributed by atoms with Crippen molar-refractivity contribution in [2.24, 2.45) is 9.98 Å².